The fourth-order valence-corrected chi connectivity index (χ4v) is 6.71. The molecule has 7 rings (SSSR count). The third kappa shape index (κ3) is 3.19. The summed E-state index contributed by atoms with van der Waals surface area (Å²) in [6, 6.07) is 11.1. The lowest BCUT2D eigenvalue weighted by Gasteiger charge is -2.62. The van der Waals surface area contributed by atoms with E-state index in [-0.39, 0.29) is 22.9 Å². The zero-order chi connectivity index (χ0) is 21.1. The van der Waals surface area contributed by atoms with Crippen LogP contribution in [0.2, 0.25) is 0 Å². The maximum atomic E-state index is 13.2. The number of rotatable bonds is 4. The van der Waals surface area contributed by atoms with Gasteiger partial charge in [0.2, 0.25) is 0 Å². The summed E-state index contributed by atoms with van der Waals surface area (Å²) in [5.74, 6) is 0.791. The molecule has 7 heteroatoms. The van der Waals surface area contributed by atoms with E-state index >= 15 is 0 Å². The van der Waals surface area contributed by atoms with Crippen molar-refractivity contribution in [3.05, 3.63) is 66.4 Å². The highest BCUT2D eigenvalue weighted by Gasteiger charge is 2.58. The van der Waals surface area contributed by atoms with E-state index in [0.29, 0.717) is 23.2 Å². The van der Waals surface area contributed by atoms with Crippen LogP contribution >= 0.6 is 0 Å². The first-order chi connectivity index (χ1) is 15.0. The Morgan fingerprint density at radius 3 is 2.23 bits per heavy atom. The molecule has 0 aliphatic heterocycles. The van der Waals surface area contributed by atoms with E-state index in [1.807, 2.05) is 40.9 Å². The van der Waals surface area contributed by atoms with Gasteiger partial charge in [0.1, 0.15) is 17.0 Å². The van der Waals surface area contributed by atoms with Gasteiger partial charge < -0.3 is 15.0 Å². The van der Waals surface area contributed by atoms with Crippen molar-refractivity contribution in [3.63, 3.8) is 0 Å². The monoisotopic (exact) mass is 415 g/mol. The molecule has 4 bridgehead atoms. The minimum atomic E-state index is -0.283. The zero-order valence-corrected chi connectivity index (χ0v) is 17.3. The molecule has 158 valence electrons. The van der Waals surface area contributed by atoms with Gasteiger partial charge in [0.05, 0.1) is 0 Å². The Morgan fingerprint density at radius 1 is 0.903 bits per heavy atom. The average molecular weight is 415 g/mol. The van der Waals surface area contributed by atoms with Crippen LogP contribution in [0.1, 0.15) is 59.5 Å². The highest BCUT2D eigenvalue weighted by Crippen LogP contribution is 2.57. The van der Waals surface area contributed by atoms with E-state index in [2.05, 4.69) is 20.6 Å². The molecule has 4 aliphatic carbocycles. The van der Waals surface area contributed by atoms with Crippen LogP contribution in [0.25, 0.3) is 5.65 Å². The highest BCUT2D eigenvalue weighted by molar-refractivity contribution is 5.94. The number of fused-ring (bicyclic) bond motifs is 1. The molecule has 2 atom stereocenters. The number of hydrogen-bond donors (Lipinski definition) is 2. The Hall–Kier alpha value is -3.22. The van der Waals surface area contributed by atoms with Crippen LogP contribution < -0.4 is 10.6 Å². The van der Waals surface area contributed by atoms with Gasteiger partial charge in [-0.15, -0.1) is 0 Å². The molecule has 4 fully saturated rings. The summed E-state index contributed by atoms with van der Waals surface area (Å²) in [4.78, 5) is 34.8. The van der Waals surface area contributed by atoms with Crippen molar-refractivity contribution in [2.45, 2.75) is 49.6 Å². The van der Waals surface area contributed by atoms with Crippen molar-refractivity contribution in [1.29, 1.82) is 0 Å². The lowest BCUT2D eigenvalue weighted by Crippen LogP contribution is -2.69. The SMILES string of the molecule is O=C(NC12CC3CC(C1)CC(NC(=O)c1cn4ccccc4n1)(C3)C2)c1ccccn1. The topological polar surface area (TPSA) is 88.4 Å². The van der Waals surface area contributed by atoms with Gasteiger partial charge in [-0.3, -0.25) is 14.6 Å². The molecule has 4 saturated carbocycles. The first kappa shape index (κ1) is 18.5. The van der Waals surface area contributed by atoms with E-state index in [9.17, 15) is 9.59 Å². The van der Waals surface area contributed by atoms with Gasteiger partial charge in [-0.2, -0.15) is 0 Å². The summed E-state index contributed by atoms with van der Waals surface area (Å²) in [5.41, 5.74) is 1.09. The largest absolute Gasteiger partial charge is 0.345 e. The Morgan fingerprint density at radius 2 is 1.58 bits per heavy atom. The fraction of sp³-hybridized carbons (Fsp3) is 0.417. The van der Waals surface area contributed by atoms with Gasteiger partial charge in [-0.25, -0.2) is 4.98 Å². The second-order valence-electron chi connectivity index (χ2n) is 9.74. The Kier molecular flexibility index (Phi) is 3.97. The maximum absolute atomic E-state index is 13.2. The minimum Gasteiger partial charge on any atom is -0.345 e. The van der Waals surface area contributed by atoms with Crippen LogP contribution in [0.3, 0.4) is 0 Å². The number of aromatic nitrogens is 3. The van der Waals surface area contributed by atoms with Crippen LogP contribution in [-0.2, 0) is 0 Å². The average Bonchev–Trinajstić information content (AvgIpc) is 3.17. The number of amides is 2. The summed E-state index contributed by atoms with van der Waals surface area (Å²) in [5, 5.41) is 6.69. The molecule has 2 unspecified atom stereocenters. The predicted octanol–water partition coefficient (Wildman–Crippen LogP) is 2.98. The van der Waals surface area contributed by atoms with E-state index in [0.717, 1.165) is 37.8 Å². The number of hydrogen-bond acceptors (Lipinski definition) is 4. The smallest absolute Gasteiger partial charge is 0.271 e. The first-order valence-electron chi connectivity index (χ1n) is 11.0. The lowest BCUT2D eigenvalue weighted by atomic mass is 9.49. The van der Waals surface area contributed by atoms with Crippen LogP contribution in [0.4, 0.5) is 0 Å². The number of imidazole rings is 1. The Bertz CT molecular complexity index is 1120. The molecule has 3 heterocycles. The van der Waals surface area contributed by atoms with Crippen molar-refractivity contribution in [3.8, 4) is 0 Å². The molecule has 2 amide bonds. The highest BCUT2D eigenvalue weighted by atomic mass is 16.2. The Balaban J connectivity index is 1.25. The predicted molar refractivity (Wildman–Crippen MR) is 115 cm³/mol. The quantitative estimate of drug-likeness (QED) is 0.686. The molecule has 0 aromatic carbocycles. The molecular weight excluding hydrogens is 390 g/mol. The molecule has 3 aromatic rings. The molecule has 3 aromatic heterocycles. The van der Waals surface area contributed by atoms with E-state index < -0.39 is 0 Å². The number of carbonyl (C=O) groups excluding carboxylic acids is 2. The molecule has 0 spiro atoms. The van der Waals surface area contributed by atoms with Gasteiger partial charge >= 0.3 is 0 Å². The number of pyridine rings is 2. The van der Waals surface area contributed by atoms with Crippen molar-refractivity contribution in [1.82, 2.24) is 25.0 Å². The Labute approximate surface area is 180 Å². The first-order valence-corrected chi connectivity index (χ1v) is 11.0. The molecule has 0 radical (unpaired) electrons. The fourth-order valence-electron chi connectivity index (χ4n) is 6.71. The second-order valence-corrected chi connectivity index (χ2v) is 9.74. The molecule has 2 N–H and O–H groups in total. The van der Waals surface area contributed by atoms with Crippen LogP contribution in [0.5, 0.6) is 0 Å². The van der Waals surface area contributed by atoms with E-state index in [1.54, 1.807) is 18.5 Å². The van der Waals surface area contributed by atoms with Crippen LogP contribution in [0.15, 0.2) is 55.0 Å². The molecule has 31 heavy (non-hydrogen) atoms. The normalized spacial score (nSPS) is 31.0. The molecule has 7 nitrogen and oxygen atoms in total. The van der Waals surface area contributed by atoms with Gasteiger partial charge in [0, 0.05) is 29.7 Å². The molecular formula is C24H25N5O2. The number of carbonyl (C=O) groups is 2. The summed E-state index contributed by atoms with van der Waals surface area (Å²) >= 11 is 0. The van der Waals surface area contributed by atoms with Gasteiger partial charge in [-0.05, 0) is 74.6 Å². The van der Waals surface area contributed by atoms with Crippen molar-refractivity contribution < 1.29 is 9.59 Å². The summed E-state index contributed by atoms with van der Waals surface area (Å²) in [7, 11) is 0. The van der Waals surface area contributed by atoms with Crippen LogP contribution in [-0.4, -0.2) is 37.3 Å². The van der Waals surface area contributed by atoms with Crippen molar-refractivity contribution >= 4 is 17.5 Å². The van der Waals surface area contributed by atoms with Gasteiger partial charge in [-0.1, -0.05) is 12.1 Å². The summed E-state index contributed by atoms with van der Waals surface area (Å²) in [6.45, 7) is 0. The summed E-state index contributed by atoms with van der Waals surface area (Å²) in [6.07, 6.45) is 11.2. The number of nitrogens with zero attached hydrogens (tertiary/aromatic N) is 3. The molecule has 4 aliphatic rings. The van der Waals surface area contributed by atoms with Crippen molar-refractivity contribution in [2.75, 3.05) is 0 Å². The third-order valence-corrected chi connectivity index (χ3v) is 7.31. The number of nitrogens with one attached hydrogen (secondary N) is 2. The van der Waals surface area contributed by atoms with Crippen LogP contribution in [0, 0.1) is 11.8 Å². The minimum absolute atomic E-state index is 0.121. The van der Waals surface area contributed by atoms with Gasteiger partial charge in [0.15, 0.2) is 0 Å². The third-order valence-electron chi connectivity index (χ3n) is 7.31. The maximum Gasteiger partial charge on any atom is 0.271 e. The van der Waals surface area contributed by atoms with E-state index in [4.69, 9.17) is 0 Å². The second kappa shape index (κ2) is 6.64. The van der Waals surface area contributed by atoms with E-state index in [1.165, 1.54) is 6.42 Å². The lowest BCUT2D eigenvalue weighted by molar-refractivity contribution is -0.0449. The summed E-state index contributed by atoms with van der Waals surface area (Å²) < 4.78 is 1.86. The standard InChI is InChI=1S/C24H25N5O2/c30-21(18-5-1-3-7-25-18)27-23-10-16-9-17(11-23)13-24(12-16,15-23)28-22(31)19-14-29-8-4-2-6-20(29)26-19/h1-8,14,16-17H,9-13,15H2,(H,27,30)(H,28,31). The van der Waals surface area contributed by atoms with Gasteiger partial charge in [0.25, 0.3) is 11.8 Å². The zero-order valence-electron chi connectivity index (χ0n) is 17.3. The van der Waals surface area contributed by atoms with Crippen molar-refractivity contribution in [2.24, 2.45) is 11.8 Å². The molecule has 0 saturated heterocycles.